The maximum atomic E-state index is 4.82. The van der Waals surface area contributed by atoms with Gasteiger partial charge in [-0.25, -0.2) is 0 Å². The molecule has 0 radical (unpaired) electrons. The number of aryl methyl sites for hydroxylation is 2. The molecule has 1 fully saturated rings. The van der Waals surface area contributed by atoms with Gasteiger partial charge >= 0.3 is 0 Å². The molecule has 1 aliphatic rings. The molecule has 2 heterocycles. The third-order valence-electron chi connectivity index (χ3n) is 4.07. The molecule has 2 rings (SSSR count). The van der Waals surface area contributed by atoms with Gasteiger partial charge in [-0.2, -0.15) is 5.10 Å². The van der Waals surface area contributed by atoms with Crippen molar-refractivity contribution >= 4 is 5.96 Å². The van der Waals surface area contributed by atoms with Crippen LogP contribution in [0.5, 0.6) is 0 Å². The lowest BCUT2D eigenvalue weighted by Crippen LogP contribution is -2.48. The Balaban J connectivity index is 1.86. The van der Waals surface area contributed by atoms with Crippen molar-refractivity contribution in [1.29, 1.82) is 0 Å². The van der Waals surface area contributed by atoms with E-state index in [0.29, 0.717) is 0 Å². The van der Waals surface area contributed by atoms with Gasteiger partial charge < -0.3 is 10.2 Å². The van der Waals surface area contributed by atoms with E-state index in [9.17, 15) is 0 Å². The highest BCUT2D eigenvalue weighted by molar-refractivity contribution is 5.80. The molecule has 22 heavy (non-hydrogen) atoms. The minimum absolute atomic E-state index is 0.750. The first-order valence-electron chi connectivity index (χ1n) is 8.60. The quantitative estimate of drug-likeness (QED) is 0.516. The summed E-state index contributed by atoms with van der Waals surface area (Å²) >= 11 is 0. The van der Waals surface area contributed by atoms with Crippen LogP contribution in [0.4, 0.5) is 0 Å². The summed E-state index contributed by atoms with van der Waals surface area (Å²) in [5, 5.41) is 7.77. The second-order valence-electron chi connectivity index (χ2n) is 6.72. The lowest BCUT2D eigenvalue weighted by molar-refractivity contribution is 0.208. The summed E-state index contributed by atoms with van der Waals surface area (Å²) in [6.45, 7) is 13.8. The highest BCUT2D eigenvalue weighted by Crippen LogP contribution is 2.20. The van der Waals surface area contributed by atoms with Crippen LogP contribution in [0.3, 0.4) is 0 Å². The first kappa shape index (κ1) is 16.8. The standard InChI is InChI=1S/C17H31N5/c1-5-18-17(21-11-14(2)9-15(3)12-21)19-7-6-8-22-13-16(4)10-20-22/h10,13-15H,5-9,11-12H2,1-4H3,(H,18,19). The Morgan fingerprint density at radius 3 is 2.68 bits per heavy atom. The maximum absolute atomic E-state index is 4.82. The van der Waals surface area contributed by atoms with Crippen LogP contribution >= 0.6 is 0 Å². The van der Waals surface area contributed by atoms with Crippen molar-refractivity contribution in [3.63, 3.8) is 0 Å². The molecule has 2 atom stereocenters. The zero-order valence-corrected chi connectivity index (χ0v) is 14.5. The fourth-order valence-electron chi connectivity index (χ4n) is 3.27. The summed E-state index contributed by atoms with van der Waals surface area (Å²) in [7, 11) is 0. The molecule has 124 valence electrons. The number of aliphatic imine (C=N–C) groups is 1. The van der Waals surface area contributed by atoms with Crippen LogP contribution < -0.4 is 5.32 Å². The van der Waals surface area contributed by atoms with E-state index in [1.54, 1.807) is 0 Å². The molecule has 1 saturated heterocycles. The van der Waals surface area contributed by atoms with Gasteiger partial charge in [-0.1, -0.05) is 13.8 Å². The van der Waals surface area contributed by atoms with Crippen molar-refractivity contribution in [1.82, 2.24) is 20.0 Å². The van der Waals surface area contributed by atoms with Gasteiger partial charge in [0.05, 0.1) is 6.20 Å². The number of nitrogens with zero attached hydrogens (tertiary/aromatic N) is 4. The molecular formula is C17H31N5. The van der Waals surface area contributed by atoms with E-state index in [4.69, 9.17) is 4.99 Å². The minimum atomic E-state index is 0.750. The molecule has 0 bridgehead atoms. The number of aromatic nitrogens is 2. The second-order valence-corrected chi connectivity index (χ2v) is 6.72. The average Bonchev–Trinajstić information content (AvgIpc) is 2.87. The minimum Gasteiger partial charge on any atom is -0.357 e. The van der Waals surface area contributed by atoms with Crippen LogP contribution in [0, 0.1) is 18.8 Å². The lowest BCUT2D eigenvalue weighted by atomic mass is 9.92. The van der Waals surface area contributed by atoms with Crippen molar-refractivity contribution in [2.24, 2.45) is 16.8 Å². The molecular weight excluding hydrogens is 274 g/mol. The average molecular weight is 305 g/mol. The summed E-state index contributed by atoms with van der Waals surface area (Å²) in [5.41, 5.74) is 1.22. The fraction of sp³-hybridized carbons (Fsp3) is 0.765. The van der Waals surface area contributed by atoms with Gasteiger partial charge in [-0.05, 0) is 44.1 Å². The largest absolute Gasteiger partial charge is 0.357 e. The van der Waals surface area contributed by atoms with Crippen LogP contribution in [0.1, 0.15) is 39.2 Å². The van der Waals surface area contributed by atoms with E-state index < -0.39 is 0 Å². The van der Waals surface area contributed by atoms with Gasteiger partial charge in [-0.15, -0.1) is 0 Å². The molecule has 2 unspecified atom stereocenters. The molecule has 0 amide bonds. The van der Waals surface area contributed by atoms with Gasteiger partial charge in [0.15, 0.2) is 5.96 Å². The zero-order valence-electron chi connectivity index (χ0n) is 14.5. The molecule has 1 N–H and O–H groups in total. The van der Waals surface area contributed by atoms with Gasteiger partial charge in [0, 0.05) is 38.9 Å². The second kappa shape index (κ2) is 8.20. The monoisotopic (exact) mass is 305 g/mol. The third-order valence-corrected chi connectivity index (χ3v) is 4.07. The number of hydrogen-bond acceptors (Lipinski definition) is 2. The Morgan fingerprint density at radius 1 is 1.36 bits per heavy atom. The Kier molecular flexibility index (Phi) is 6.28. The summed E-state index contributed by atoms with van der Waals surface area (Å²) < 4.78 is 2.00. The predicted octanol–water partition coefficient (Wildman–Crippen LogP) is 2.53. The Bertz CT molecular complexity index is 469. The molecule has 0 spiro atoms. The van der Waals surface area contributed by atoms with Gasteiger partial charge in [0.2, 0.25) is 0 Å². The number of rotatable bonds is 5. The van der Waals surface area contributed by atoms with E-state index in [2.05, 4.69) is 49.2 Å². The van der Waals surface area contributed by atoms with E-state index in [1.165, 1.54) is 12.0 Å². The van der Waals surface area contributed by atoms with Crippen LogP contribution in [0.25, 0.3) is 0 Å². The molecule has 0 aromatic carbocycles. The van der Waals surface area contributed by atoms with E-state index >= 15 is 0 Å². The molecule has 5 heteroatoms. The molecule has 0 aliphatic carbocycles. The number of hydrogen-bond donors (Lipinski definition) is 1. The summed E-state index contributed by atoms with van der Waals surface area (Å²) in [5.74, 6) is 2.58. The van der Waals surface area contributed by atoms with Crippen LogP contribution in [-0.2, 0) is 6.54 Å². The van der Waals surface area contributed by atoms with Crippen LogP contribution in [0.15, 0.2) is 17.4 Å². The Morgan fingerprint density at radius 2 is 2.09 bits per heavy atom. The van der Waals surface area contributed by atoms with Crippen LogP contribution in [-0.4, -0.2) is 46.8 Å². The fourth-order valence-corrected chi connectivity index (χ4v) is 3.27. The zero-order chi connectivity index (χ0) is 15.9. The number of guanidine groups is 1. The topological polar surface area (TPSA) is 45.5 Å². The number of likely N-dealkylation sites (tertiary alicyclic amines) is 1. The number of nitrogens with one attached hydrogen (secondary N) is 1. The number of piperidine rings is 1. The van der Waals surface area contributed by atoms with E-state index in [-0.39, 0.29) is 0 Å². The van der Waals surface area contributed by atoms with E-state index in [1.807, 2.05) is 10.9 Å². The Hall–Kier alpha value is -1.52. The van der Waals surface area contributed by atoms with Gasteiger partial charge in [0.1, 0.15) is 0 Å². The van der Waals surface area contributed by atoms with Gasteiger partial charge in [-0.3, -0.25) is 9.67 Å². The smallest absolute Gasteiger partial charge is 0.193 e. The first-order chi connectivity index (χ1) is 10.6. The van der Waals surface area contributed by atoms with Crippen molar-refractivity contribution in [3.05, 3.63) is 18.0 Å². The highest BCUT2D eigenvalue weighted by Gasteiger charge is 2.23. The predicted molar refractivity (Wildman–Crippen MR) is 92.1 cm³/mol. The molecule has 1 aromatic heterocycles. The summed E-state index contributed by atoms with van der Waals surface area (Å²) in [6.07, 6.45) is 6.34. The van der Waals surface area contributed by atoms with Crippen molar-refractivity contribution in [3.8, 4) is 0 Å². The Labute approximate surface area is 134 Å². The van der Waals surface area contributed by atoms with Gasteiger partial charge in [0.25, 0.3) is 0 Å². The molecule has 1 aromatic rings. The molecule has 0 saturated carbocycles. The normalized spacial score (nSPS) is 22.9. The molecule has 1 aliphatic heterocycles. The highest BCUT2D eigenvalue weighted by atomic mass is 15.3. The van der Waals surface area contributed by atoms with Crippen molar-refractivity contribution in [2.45, 2.75) is 47.1 Å². The summed E-state index contributed by atoms with van der Waals surface area (Å²) in [4.78, 5) is 7.25. The van der Waals surface area contributed by atoms with Crippen molar-refractivity contribution < 1.29 is 0 Å². The first-order valence-corrected chi connectivity index (χ1v) is 8.60. The maximum Gasteiger partial charge on any atom is 0.193 e. The summed E-state index contributed by atoms with van der Waals surface area (Å²) in [6, 6.07) is 0. The SMILES string of the molecule is CCNC(=NCCCn1cc(C)cn1)N1CC(C)CC(C)C1. The van der Waals surface area contributed by atoms with E-state index in [0.717, 1.165) is 56.9 Å². The lowest BCUT2D eigenvalue weighted by Gasteiger charge is -2.37. The van der Waals surface area contributed by atoms with Crippen molar-refractivity contribution in [2.75, 3.05) is 26.2 Å². The molecule has 5 nitrogen and oxygen atoms in total. The third kappa shape index (κ3) is 5.04. The van der Waals surface area contributed by atoms with Crippen LogP contribution in [0.2, 0.25) is 0 Å².